The fourth-order valence-corrected chi connectivity index (χ4v) is 1.79. The van der Waals surface area contributed by atoms with Crippen molar-refractivity contribution in [3.63, 3.8) is 0 Å². The van der Waals surface area contributed by atoms with Crippen LogP contribution in [0.2, 0.25) is 0 Å². The number of H-pyrrole nitrogens is 1. The van der Waals surface area contributed by atoms with Gasteiger partial charge in [0.05, 0.1) is 17.5 Å². The highest BCUT2D eigenvalue weighted by molar-refractivity contribution is 5.97. The maximum absolute atomic E-state index is 11.3. The Morgan fingerprint density at radius 2 is 2.17 bits per heavy atom. The zero-order valence-electron chi connectivity index (χ0n) is 10.4. The van der Waals surface area contributed by atoms with Crippen LogP contribution in [0, 0.1) is 0 Å². The molecule has 0 aliphatic carbocycles. The summed E-state index contributed by atoms with van der Waals surface area (Å²) < 4.78 is 0. The molecular formula is C12H16N4O2. The molecule has 0 aliphatic heterocycles. The highest BCUT2D eigenvalue weighted by atomic mass is 16.4. The third kappa shape index (κ3) is 2.43. The van der Waals surface area contributed by atoms with Crippen molar-refractivity contribution in [1.29, 1.82) is 0 Å². The number of benzene rings is 1. The van der Waals surface area contributed by atoms with Crippen molar-refractivity contribution in [1.82, 2.24) is 14.9 Å². The smallest absolute Gasteiger partial charge is 0.411 e. The number of nitrogens with one attached hydrogen (secondary N) is 1. The molecule has 0 bridgehead atoms. The van der Waals surface area contributed by atoms with Gasteiger partial charge >= 0.3 is 6.09 Å². The van der Waals surface area contributed by atoms with Crippen molar-refractivity contribution in [2.75, 3.05) is 32.1 Å². The molecule has 1 amide bonds. The van der Waals surface area contributed by atoms with Crippen LogP contribution in [-0.2, 0) is 0 Å². The van der Waals surface area contributed by atoms with E-state index >= 15 is 0 Å². The summed E-state index contributed by atoms with van der Waals surface area (Å²) in [6.07, 6.45) is 0.604. The predicted molar refractivity (Wildman–Crippen MR) is 70.0 cm³/mol. The normalized spacial score (nSPS) is 11.1. The molecule has 0 spiro atoms. The van der Waals surface area contributed by atoms with E-state index in [1.54, 1.807) is 12.4 Å². The average Bonchev–Trinajstić information content (AvgIpc) is 2.77. The van der Waals surface area contributed by atoms with E-state index in [2.05, 4.69) is 9.97 Å². The lowest BCUT2D eigenvalue weighted by atomic mass is 10.2. The van der Waals surface area contributed by atoms with Crippen molar-refractivity contribution in [3.05, 3.63) is 24.5 Å². The Kier molecular flexibility index (Phi) is 3.47. The Morgan fingerprint density at radius 3 is 2.83 bits per heavy atom. The number of hydrogen-bond acceptors (Lipinski definition) is 3. The minimum Gasteiger partial charge on any atom is -0.465 e. The molecule has 0 atom stereocenters. The lowest BCUT2D eigenvalue weighted by molar-refractivity contribution is 0.201. The number of amides is 1. The van der Waals surface area contributed by atoms with Crippen LogP contribution < -0.4 is 4.90 Å². The first-order valence-electron chi connectivity index (χ1n) is 5.67. The van der Waals surface area contributed by atoms with Crippen molar-refractivity contribution in [2.45, 2.75) is 0 Å². The Labute approximate surface area is 105 Å². The highest BCUT2D eigenvalue weighted by Crippen LogP contribution is 2.23. The molecule has 0 saturated carbocycles. The number of likely N-dealkylation sites (N-methyl/N-ethyl adjacent to an activating group) is 1. The van der Waals surface area contributed by atoms with E-state index in [0.717, 1.165) is 5.52 Å². The van der Waals surface area contributed by atoms with E-state index in [1.807, 2.05) is 31.1 Å². The monoisotopic (exact) mass is 248 g/mol. The van der Waals surface area contributed by atoms with Gasteiger partial charge < -0.3 is 15.0 Å². The van der Waals surface area contributed by atoms with E-state index in [9.17, 15) is 9.90 Å². The van der Waals surface area contributed by atoms with Crippen LogP contribution in [0.25, 0.3) is 11.0 Å². The van der Waals surface area contributed by atoms with Crippen LogP contribution in [0.15, 0.2) is 24.5 Å². The van der Waals surface area contributed by atoms with Crippen molar-refractivity contribution in [3.8, 4) is 0 Å². The van der Waals surface area contributed by atoms with Gasteiger partial charge in [-0.3, -0.25) is 4.90 Å². The summed E-state index contributed by atoms with van der Waals surface area (Å²) in [5, 5.41) is 9.31. The van der Waals surface area contributed by atoms with E-state index in [0.29, 0.717) is 24.3 Å². The molecule has 0 fully saturated rings. The summed E-state index contributed by atoms with van der Waals surface area (Å²) in [6, 6.07) is 5.46. The number of nitrogens with zero attached hydrogens (tertiary/aromatic N) is 3. The van der Waals surface area contributed by atoms with Gasteiger partial charge in [0, 0.05) is 13.1 Å². The Bertz CT molecular complexity index is 550. The number of hydrogen-bond donors (Lipinski definition) is 2. The molecule has 1 aromatic heterocycles. The molecule has 1 aromatic carbocycles. The molecule has 0 saturated heterocycles. The number of para-hydroxylation sites is 1. The first kappa shape index (κ1) is 12.4. The number of aromatic amines is 1. The quantitative estimate of drug-likeness (QED) is 0.862. The SMILES string of the molecule is CN(C)CCN(C(=O)O)c1cccc2[nH]cnc12. The highest BCUT2D eigenvalue weighted by Gasteiger charge is 2.17. The van der Waals surface area contributed by atoms with Gasteiger partial charge in [-0.15, -0.1) is 0 Å². The summed E-state index contributed by atoms with van der Waals surface area (Å²) >= 11 is 0. The van der Waals surface area contributed by atoms with Crippen LogP contribution >= 0.6 is 0 Å². The summed E-state index contributed by atoms with van der Waals surface area (Å²) in [6.45, 7) is 1.07. The largest absolute Gasteiger partial charge is 0.465 e. The second-order valence-electron chi connectivity index (χ2n) is 4.31. The summed E-state index contributed by atoms with van der Waals surface area (Å²) in [5.74, 6) is 0. The molecule has 96 valence electrons. The van der Waals surface area contributed by atoms with Crippen LogP contribution in [0.5, 0.6) is 0 Å². The average molecular weight is 248 g/mol. The van der Waals surface area contributed by atoms with Crippen LogP contribution in [0.3, 0.4) is 0 Å². The Balaban J connectivity index is 2.35. The van der Waals surface area contributed by atoms with Crippen LogP contribution in [-0.4, -0.2) is 53.3 Å². The standard InChI is InChI=1S/C12H16N4O2/c1-15(2)6-7-16(12(17)18)10-5-3-4-9-11(10)14-8-13-9/h3-5,8H,6-7H2,1-2H3,(H,13,14)(H,17,18). The van der Waals surface area contributed by atoms with Crippen molar-refractivity contribution < 1.29 is 9.90 Å². The number of carboxylic acid groups (broad SMARTS) is 1. The summed E-state index contributed by atoms with van der Waals surface area (Å²) in [4.78, 5) is 21.8. The van der Waals surface area contributed by atoms with Gasteiger partial charge in [-0.05, 0) is 26.2 Å². The predicted octanol–water partition coefficient (Wildman–Crippen LogP) is 1.61. The van der Waals surface area contributed by atoms with E-state index in [-0.39, 0.29) is 0 Å². The van der Waals surface area contributed by atoms with Crippen LogP contribution in [0.1, 0.15) is 0 Å². The maximum atomic E-state index is 11.3. The van der Waals surface area contributed by atoms with Gasteiger partial charge in [-0.1, -0.05) is 6.07 Å². The lowest BCUT2D eigenvalue weighted by Gasteiger charge is -2.21. The van der Waals surface area contributed by atoms with E-state index in [4.69, 9.17) is 0 Å². The number of rotatable bonds is 4. The first-order valence-corrected chi connectivity index (χ1v) is 5.67. The van der Waals surface area contributed by atoms with Crippen molar-refractivity contribution >= 4 is 22.8 Å². The Hall–Kier alpha value is -2.08. The molecule has 6 heteroatoms. The first-order chi connectivity index (χ1) is 8.59. The molecule has 2 N–H and O–H groups in total. The van der Waals surface area contributed by atoms with Gasteiger partial charge in [0.1, 0.15) is 5.52 Å². The third-order valence-electron chi connectivity index (χ3n) is 2.72. The third-order valence-corrected chi connectivity index (χ3v) is 2.72. The lowest BCUT2D eigenvalue weighted by Crippen LogP contribution is -2.35. The number of imidazole rings is 1. The number of carbonyl (C=O) groups is 1. The molecule has 0 unspecified atom stereocenters. The number of aromatic nitrogens is 2. The van der Waals surface area contributed by atoms with Crippen LogP contribution in [0.4, 0.5) is 10.5 Å². The summed E-state index contributed by atoms with van der Waals surface area (Å²) in [7, 11) is 3.82. The fourth-order valence-electron chi connectivity index (χ4n) is 1.79. The van der Waals surface area contributed by atoms with Gasteiger partial charge in [-0.25, -0.2) is 9.78 Å². The van der Waals surface area contributed by atoms with Gasteiger partial charge in [0.2, 0.25) is 0 Å². The molecule has 0 aliphatic rings. The second-order valence-corrected chi connectivity index (χ2v) is 4.31. The fraction of sp³-hybridized carbons (Fsp3) is 0.333. The van der Waals surface area contributed by atoms with E-state index in [1.165, 1.54) is 4.90 Å². The molecular weight excluding hydrogens is 232 g/mol. The topological polar surface area (TPSA) is 72.5 Å². The molecule has 2 rings (SSSR count). The van der Waals surface area contributed by atoms with Gasteiger partial charge in [0.25, 0.3) is 0 Å². The van der Waals surface area contributed by atoms with Gasteiger partial charge in [0.15, 0.2) is 0 Å². The second kappa shape index (κ2) is 5.05. The maximum Gasteiger partial charge on any atom is 0.411 e. The summed E-state index contributed by atoms with van der Waals surface area (Å²) in [5.41, 5.74) is 2.13. The number of anilines is 1. The zero-order chi connectivity index (χ0) is 13.1. The van der Waals surface area contributed by atoms with Gasteiger partial charge in [-0.2, -0.15) is 0 Å². The minimum atomic E-state index is -0.965. The molecule has 18 heavy (non-hydrogen) atoms. The molecule has 0 radical (unpaired) electrons. The minimum absolute atomic E-state index is 0.411. The Morgan fingerprint density at radius 1 is 1.39 bits per heavy atom. The zero-order valence-corrected chi connectivity index (χ0v) is 10.4. The number of fused-ring (bicyclic) bond motifs is 1. The molecule has 6 nitrogen and oxygen atoms in total. The molecule has 1 heterocycles. The molecule has 2 aromatic rings. The van der Waals surface area contributed by atoms with Crippen molar-refractivity contribution in [2.24, 2.45) is 0 Å². The van der Waals surface area contributed by atoms with E-state index < -0.39 is 6.09 Å².